The van der Waals surface area contributed by atoms with Gasteiger partial charge in [-0.05, 0) is 23.6 Å². The van der Waals surface area contributed by atoms with Gasteiger partial charge < -0.3 is 14.4 Å². The highest BCUT2D eigenvalue weighted by atomic mass is 32.1. The summed E-state index contributed by atoms with van der Waals surface area (Å²) in [6, 6.07) is 9.79. The van der Waals surface area contributed by atoms with Crippen LogP contribution in [0.3, 0.4) is 0 Å². The largest absolute Gasteiger partial charge is 0.494 e. The number of para-hydroxylation sites is 1. The van der Waals surface area contributed by atoms with Crippen molar-refractivity contribution < 1.29 is 14.3 Å². The normalized spacial score (nSPS) is 14.6. The summed E-state index contributed by atoms with van der Waals surface area (Å²) < 4.78 is 12.3. The molecule has 24 heavy (non-hydrogen) atoms. The quantitative estimate of drug-likeness (QED) is 0.701. The zero-order valence-corrected chi connectivity index (χ0v) is 14.7. The van der Waals surface area contributed by atoms with Crippen LogP contribution >= 0.6 is 22.7 Å². The lowest BCUT2D eigenvalue weighted by Crippen LogP contribution is -2.56. The van der Waals surface area contributed by atoms with Gasteiger partial charge >= 0.3 is 0 Å². The average Bonchev–Trinajstić information content (AvgIpc) is 3.18. The molecule has 1 aromatic carbocycles. The zero-order chi connectivity index (χ0) is 16.5. The molecule has 0 saturated carbocycles. The first-order valence-corrected chi connectivity index (χ1v) is 9.33. The highest BCUT2D eigenvalue weighted by Gasteiger charge is 2.33. The van der Waals surface area contributed by atoms with Crippen LogP contribution in [0.25, 0.3) is 10.2 Å². The van der Waals surface area contributed by atoms with Crippen LogP contribution in [0.4, 0.5) is 0 Å². The molecule has 1 saturated heterocycles. The third-order valence-electron chi connectivity index (χ3n) is 3.96. The molecule has 0 unspecified atom stereocenters. The van der Waals surface area contributed by atoms with Gasteiger partial charge in [0.25, 0.3) is 5.19 Å². The number of aromatic nitrogens is 1. The standard InChI is InChI=1S/C17H16N2O3S2/c1-21-13-5-2-6-14-16(13)18-17(24-14)22-11-9-19(10-11)15(20)8-12-4-3-7-23-12/h2-7,11H,8-10H2,1H3. The number of carbonyl (C=O) groups is 1. The molecule has 0 N–H and O–H groups in total. The third-order valence-corrected chi connectivity index (χ3v) is 5.74. The molecule has 0 spiro atoms. The Labute approximate surface area is 147 Å². The fourth-order valence-corrected chi connectivity index (χ4v) is 4.25. The van der Waals surface area contributed by atoms with E-state index in [9.17, 15) is 4.79 Å². The van der Waals surface area contributed by atoms with Crippen LogP contribution in [0.2, 0.25) is 0 Å². The van der Waals surface area contributed by atoms with Crippen molar-refractivity contribution in [2.75, 3.05) is 20.2 Å². The van der Waals surface area contributed by atoms with Gasteiger partial charge in [0.15, 0.2) is 0 Å². The highest BCUT2D eigenvalue weighted by molar-refractivity contribution is 7.20. The van der Waals surface area contributed by atoms with Crippen molar-refractivity contribution in [3.8, 4) is 10.9 Å². The second-order valence-electron chi connectivity index (χ2n) is 5.58. The maximum atomic E-state index is 12.2. The van der Waals surface area contributed by atoms with E-state index in [1.165, 1.54) is 11.3 Å². The predicted octanol–water partition coefficient (Wildman–Crippen LogP) is 3.20. The number of carbonyl (C=O) groups excluding carboxylic acids is 1. The first-order valence-electron chi connectivity index (χ1n) is 7.63. The number of amides is 1. The summed E-state index contributed by atoms with van der Waals surface area (Å²) in [6.07, 6.45) is 0.492. The molecule has 3 aromatic rings. The van der Waals surface area contributed by atoms with Crippen molar-refractivity contribution in [3.05, 3.63) is 40.6 Å². The molecular formula is C17H16N2O3S2. The molecule has 2 aromatic heterocycles. The Bertz CT molecular complexity index is 854. The molecule has 1 aliphatic heterocycles. The molecule has 0 aliphatic carbocycles. The van der Waals surface area contributed by atoms with Crippen LogP contribution in [-0.2, 0) is 11.2 Å². The van der Waals surface area contributed by atoms with Gasteiger partial charge in [0.1, 0.15) is 17.4 Å². The van der Waals surface area contributed by atoms with E-state index in [1.54, 1.807) is 18.4 Å². The van der Waals surface area contributed by atoms with Crippen molar-refractivity contribution >= 4 is 38.8 Å². The van der Waals surface area contributed by atoms with Crippen LogP contribution < -0.4 is 9.47 Å². The number of benzene rings is 1. The minimum atomic E-state index is 0.0174. The number of rotatable bonds is 5. The van der Waals surface area contributed by atoms with E-state index in [2.05, 4.69) is 4.98 Å². The van der Waals surface area contributed by atoms with E-state index in [-0.39, 0.29) is 12.0 Å². The number of thiophene rings is 1. The molecule has 124 valence electrons. The maximum absolute atomic E-state index is 12.2. The third kappa shape index (κ3) is 2.97. The fraction of sp³-hybridized carbons (Fsp3) is 0.294. The minimum Gasteiger partial charge on any atom is -0.494 e. The van der Waals surface area contributed by atoms with E-state index >= 15 is 0 Å². The Hall–Kier alpha value is -2.12. The number of thiazole rings is 1. The van der Waals surface area contributed by atoms with Gasteiger partial charge in [0, 0.05) is 4.88 Å². The zero-order valence-electron chi connectivity index (χ0n) is 13.1. The second-order valence-corrected chi connectivity index (χ2v) is 7.61. The van der Waals surface area contributed by atoms with E-state index in [0.717, 1.165) is 20.8 Å². The summed E-state index contributed by atoms with van der Waals surface area (Å²) in [5, 5.41) is 2.62. The van der Waals surface area contributed by atoms with Crippen molar-refractivity contribution in [3.63, 3.8) is 0 Å². The van der Waals surface area contributed by atoms with Gasteiger partial charge in [0.2, 0.25) is 5.91 Å². The van der Waals surface area contributed by atoms with Crippen LogP contribution in [-0.4, -0.2) is 42.1 Å². The number of hydrogen-bond donors (Lipinski definition) is 0. The van der Waals surface area contributed by atoms with Gasteiger partial charge in [-0.1, -0.05) is 23.5 Å². The molecule has 0 radical (unpaired) electrons. The Morgan fingerprint density at radius 2 is 2.21 bits per heavy atom. The molecule has 1 amide bonds. The highest BCUT2D eigenvalue weighted by Crippen LogP contribution is 2.34. The van der Waals surface area contributed by atoms with Gasteiger partial charge in [-0.25, -0.2) is 0 Å². The molecule has 5 nitrogen and oxygen atoms in total. The maximum Gasteiger partial charge on any atom is 0.274 e. The predicted molar refractivity (Wildman–Crippen MR) is 95.2 cm³/mol. The van der Waals surface area contributed by atoms with Crippen molar-refractivity contribution in [1.82, 2.24) is 9.88 Å². The van der Waals surface area contributed by atoms with E-state index in [4.69, 9.17) is 9.47 Å². The summed E-state index contributed by atoms with van der Waals surface area (Å²) in [5.41, 5.74) is 0.824. The number of hydrogen-bond acceptors (Lipinski definition) is 6. The second kappa shape index (κ2) is 6.41. The molecular weight excluding hydrogens is 344 g/mol. The summed E-state index contributed by atoms with van der Waals surface area (Å²) in [4.78, 5) is 19.6. The summed E-state index contributed by atoms with van der Waals surface area (Å²) >= 11 is 3.12. The lowest BCUT2D eigenvalue weighted by atomic mass is 10.1. The average molecular weight is 360 g/mol. The molecule has 0 atom stereocenters. The van der Waals surface area contributed by atoms with Gasteiger partial charge in [-0.2, -0.15) is 4.98 Å². The molecule has 0 bridgehead atoms. The smallest absolute Gasteiger partial charge is 0.274 e. The first-order chi connectivity index (χ1) is 11.7. The topological polar surface area (TPSA) is 51.7 Å². The lowest BCUT2D eigenvalue weighted by molar-refractivity contribution is -0.139. The SMILES string of the molecule is COc1cccc2sc(OC3CN(C(=O)Cc4cccs4)C3)nc12. The molecule has 1 aliphatic rings. The monoisotopic (exact) mass is 360 g/mol. The van der Waals surface area contributed by atoms with Crippen molar-refractivity contribution in [2.45, 2.75) is 12.5 Å². The van der Waals surface area contributed by atoms with E-state index in [0.29, 0.717) is 24.7 Å². The summed E-state index contributed by atoms with van der Waals surface area (Å²) in [5.74, 6) is 0.906. The van der Waals surface area contributed by atoms with E-state index < -0.39 is 0 Å². The van der Waals surface area contributed by atoms with Gasteiger partial charge in [-0.3, -0.25) is 4.79 Å². The Morgan fingerprint density at radius 3 is 2.96 bits per heavy atom. The first kappa shape index (κ1) is 15.4. The Morgan fingerprint density at radius 1 is 1.33 bits per heavy atom. The van der Waals surface area contributed by atoms with Crippen molar-refractivity contribution in [1.29, 1.82) is 0 Å². The van der Waals surface area contributed by atoms with Gasteiger partial charge in [-0.15, -0.1) is 11.3 Å². The molecule has 4 rings (SSSR count). The van der Waals surface area contributed by atoms with Crippen molar-refractivity contribution in [2.24, 2.45) is 0 Å². The minimum absolute atomic E-state index is 0.0174. The van der Waals surface area contributed by atoms with Crippen LogP contribution in [0.1, 0.15) is 4.88 Å². The van der Waals surface area contributed by atoms with E-state index in [1.807, 2.05) is 40.6 Å². The number of ether oxygens (including phenoxy) is 2. The number of fused-ring (bicyclic) bond motifs is 1. The summed E-state index contributed by atoms with van der Waals surface area (Å²) in [7, 11) is 1.64. The number of methoxy groups -OCH3 is 1. The van der Waals surface area contributed by atoms with Crippen LogP contribution in [0.15, 0.2) is 35.7 Å². The number of nitrogens with zero attached hydrogens (tertiary/aromatic N) is 2. The summed E-state index contributed by atoms with van der Waals surface area (Å²) in [6.45, 7) is 1.24. The lowest BCUT2D eigenvalue weighted by Gasteiger charge is -2.38. The Kier molecular flexibility index (Phi) is 4.12. The fourth-order valence-electron chi connectivity index (χ4n) is 2.65. The molecule has 1 fully saturated rings. The number of likely N-dealkylation sites (tertiary alicyclic amines) is 1. The molecule has 7 heteroatoms. The van der Waals surface area contributed by atoms with Crippen LogP contribution in [0.5, 0.6) is 10.9 Å². The van der Waals surface area contributed by atoms with Gasteiger partial charge in [0.05, 0.1) is 31.3 Å². The Balaban J connectivity index is 1.35. The molecule has 3 heterocycles. The van der Waals surface area contributed by atoms with Crippen LogP contribution in [0, 0.1) is 0 Å².